The number of halogens is 3. The van der Waals surface area contributed by atoms with Crippen LogP contribution in [0.4, 0.5) is 0 Å². The minimum absolute atomic E-state index is 0.00755. The van der Waals surface area contributed by atoms with Gasteiger partial charge in [0.05, 0.1) is 11.5 Å². The zero-order valence-electron chi connectivity index (χ0n) is 11.9. The second-order valence-electron chi connectivity index (χ2n) is 3.70. The fraction of sp³-hybridized carbons (Fsp3) is 0.250. The summed E-state index contributed by atoms with van der Waals surface area (Å²) in [7, 11) is 0. The molecule has 0 unspecified atom stereocenters. The van der Waals surface area contributed by atoms with Crippen LogP contribution in [0.25, 0.3) is 0 Å². The van der Waals surface area contributed by atoms with Crippen molar-refractivity contribution < 1.29 is 24.2 Å². The van der Waals surface area contributed by atoms with Crippen LogP contribution in [0, 0.1) is 0 Å². The van der Waals surface area contributed by atoms with Crippen molar-refractivity contribution >= 4 is 80.0 Å². The van der Waals surface area contributed by atoms with Crippen LogP contribution in [0.1, 0.15) is 42.4 Å². The van der Waals surface area contributed by atoms with Gasteiger partial charge in [0, 0.05) is 5.33 Å². The summed E-state index contributed by atoms with van der Waals surface area (Å²) in [6.45, 7) is 1.92. The molecule has 0 aromatic carbocycles. The highest BCUT2D eigenvalue weighted by atomic mass is 79.9. The Bertz CT molecular complexity index is 750. The van der Waals surface area contributed by atoms with Crippen LogP contribution in [0.2, 0.25) is 8.93 Å². The first-order valence-corrected chi connectivity index (χ1v) is 9.58. The Labute approximate surface area is 162 Å². The third-order valence-corrected chi connectivity index (χ3v) is 5.38. The van der Waals surface area contributed by atoms with E-state index < -0.39 is 11.9 Å². The van der Waals surface area contributed by atoms with E-state index in [0.717, 1.165) is 11.3 Å². The Morgan fingerprint density at radius 1 is 1.25 bits per heavy atom. The molecule has 130 valence electrons. The molecule has 2 rings (SSSR count). The SMILES string of the molecule is CCOC(=O)c1nc(Cl)sc1C=O.O=C(O)c1nc(Cl)sc1CBr. The number of nitrogens with zero attached hydrogens (tertiary/aromatic N) is 2. The highest BCUT2D eigenvalue weighted by molar-refractivity contribution is 9.08. The fourth-order valence-electron chi connectivity index (χ4n) is 1.31. The average Bonchev–Trinajstić information content (AvgIpc) is 3.10. The van der Waals surface area contributed by atoms with E-state index in [0.29, 0.717) is 16.5 Å². The van der Waals surface area contributed by atoms with Crippen molar-refractivity contribution in [3.05, 3.63) is 30.1 Å². The van der Waals surface area contributed by atoms with Crippen LogP contribution in [-0.2, 0) is 10.1 Å². The van der Waals surface area contributed by atoms with Gasteiger partial charge in [-0.15, -0.1) is 11.3 Å². The highest BCUT2D eigenvalue weighted by Gasteiger charge is 2.18. The number of hydrogen-bond donors (Lipinski definition) is 1. The summed E-state index contributed by atoms with van der Waals surface area (Å²) in [5.74, 6) is -1.66. The Balaban J connectivity index is 0.000000243. The number of carbonyl (C=O) groups is 3. The molecular formula is C12H9BrCl2N2O5S2. The highest BCUT2D eigenvalue weighted by Crippen LogP contribution is 2.24. The smallest absolute Gasteiger partial charge is 0.358 e. The summed E-state index contributed by atoms with van der Waals surface area (Å²) in [5.41, 5.74) is 0.0312. The van der Waals surface area contributed by atoms with Crippen molar-refractivity contribution in [2.75, 3.05) is 6.61 Å². The summed E-state index contributed by atoms with van der Waals surface area (Å²) in [5, 5.41) is 9.05. The van der Waals surface area contributed by atoms with Gasteiger partial charge in [0.15, 0.2) is 26.6 Å². The summed E-state index contributed by atoms with van der Waals surface area (Å²) < 4.78 is 5.09. The maximum Gasteiger partial charge on any atom is 0.358 e. The van der Waals surface area contributed by atoms with Crippen molar-refractivity contribution in [3.8, 4) is 0 Å². The fourth-order valence-corrected chi connectivity index (χ4v) is 3.83. The molecule has 7 nitrogen and oxygen atoms in total. The number of ether oxygens (including phenoxy) is 1. The largest absolute Gasteiger partial charge is 0.476 e. The summed E-state index contributed by atoms with van der Waals surface area (Å²) >= 11 is 16.3. The quantitative estimate of drug-likeness (QED) is 0.392. The Hall–Kier alpha value is -1.07. The number of aldehydes is 1. The standard InChI is InChI=1S/C7H6ClNO3S.C5H3BrClNO2S/c1-2-12-6(11)5-4(3-10)13-7(8)9-5;6-1-2-3(4(9)10)8-5(7)11-2/h3H,2H2,1H3;1H2,(H,9,10). The molecule has 0 amide bonds. The number of alkyl halides is 1. The Morgan fingerprint density at radius 3 is 2.29 bits per heavy atom. The third kappa shape index (κ3) is 5.78. The third-order valence-electron chi connectivity index (χ3n) is 2.20. The van der Waals surface area contributed by atoms with Gasteiger partial charge >= 0.3 is 11.9 Å². The lowest BCUT2D eigenvalue weighted by atomic mass is 10.4. The molecule has 0 atom stereocenters. The number of carbonyl (C=O) groups excluding carboxylic acids is 2. The topological polar surface area (TPSA) is 106 Å². The number of carboxylic acids is 1. The first kappa shape index (κ1) is 21.0. The molecule has 0 aliphatic rings. The number of thiazole rings is 2. The summed E-state index contributed by atoms with van der Waals surface area (Å²) in [6, 6.07) is 0. The van der Waals surface area contributed by atoms with E-state index in [1.807, 2.05) is 0 Å². The number of esters is 1. The van der Waals surface area contributed by atoms with Gasteiger partial charge in [-0.1, -0.05) is 50.5 Å². The van der Waals surface area contributed by atoms with E-state index in [1.54, 1.807) is 6.92 Å². The Morgan fingerprint density at radius 2 is 1.83 bits per heavy atom. The first-order valence-electron chi connectivity index (χ1n) is 6.07. The molecule has 0 saturated carbocycles. The molecule has 0 aliphatic heterocycles. The van der Waals surface area contributed by atoms with E-state index in [9.17, 15) is 14.4 Å². The van der Waals surface area contributed by atoms with Crippen molar-refractivity contribution in [1.29, 1.82) is 0 Å². The van der Waals surface area contributed by atoms with Gasteiger partial charge in [-0.3, -0.25) is 4.79 Å². The normalized spacial score (nSPS) is 9.83. The molecule has 2 aromatic rings. The van der Waals surface area contributed by atoms with Crippen LogP contribution >= 0.6 is 61.8 Å². The minimum Gasteiger partial charge on any atom is -0.476 e. The number of aromatic carboxylic acids is 1. The molecule has 12 heteroatoms. The first-order chi connectivity index (χ1) is 11.3. The van der Waals surface area contributed by atoms with Crippen LogP contribution < -0.4 is 0 Å². The number of rotatable bonds is 5. The van der Waals surface area contributed by atoms with E-state index in [1.165, 1.54) is 11.3 Å². The molecule has 1 N–H and O–H groups in total. The van der Waals surface area contributed by atoms with Crippen LogP contribution in [-0.4, -0.2) is 39.9 Å². The maximum atomic E-state index is 11.1. The monoisotopic (exact) mass is 474 g/mol. The van der Waals surface area contributed by atoms with Crippen molar-refractivity contribution in [2.45, 2.75) is 12.3 Å². The van der Waals surface area contributed by atoms with Crippen molar-refractivity contribution in [2.24, 2.45) is 0 Å². The number of hydrogen-bond acceptors (Lipinski definition) is 8. The molecule has 0 fully saturated rings. The van der Waals surface area contributed by atoms with Gasteiger partial charge < -0.3 is 9.84 Å². The Kier molecular flexibility index (Phi) is 8.78. The van der Waals surface area contributed by atoms with Gasteiger partial charge in [0.25, 0.3) is 0 Å². The predicted molar refractivity (Wildman–Crippen MR) is 95.2 cm³/mol. The molecule has 0 bridgehead atoms. The van der Waals surface area contributed by atoms with Gasteiger partial charge in [0.2, 0.25) is 0 Å². The minimum atomic E-state index is -1.04. The van der Waals surface area contributed by atoms with E-state index in [2.05, 4.69) is 30.6 Å². The molecule has 24 heavy (non-hydrogen) atoms. The lowest BCUT2D eigenvalue weighted by molar-refractivity contribution is 0.0518. The van der Waals surface area contributed by atoms with Gasteiger partial charge in [0.1, 0.15) is 4.88 Å². The van der Waals surface area contributed by atoms with E-state index in [-0.39, 0.29) is 31.8 Å². The van der Waals surface area contributed by atoms with Gasteiger partial charge in [-0.25, -0.2) is 19.6 Å². The second-order valence-corrected chi connectivity index (χ2v) is 7.53. The lowest BCUT2D eigenvalue weighted by Crippen LogP contribution is -2.07. The number of carboxylic acid groups (broad SMARTS) is 1. The van der Waals surface area contributed by atoms with Crippen LogP contribution in [0.3, 0.4) is 0 Å². The molecule has 0 saturated heterocycles. The molecular weight excluding hydrogens is 467 g/mol. The molecule has 0 spiro atoms. The lowest BCUT2D eigenvalue weighted by Gasteiger charge is -1.96. The summed E-state index contributed by atoms with van der Waals surface area (Å²) in [4.78, 5) is 40.2. The van der Waals surface area contributed by atoms with Crippen molar-refractivity contribution in [1.82, 2.24) is 9.97 Å². The zero-order chi connectivity index (χ0) is 18.3. The molecule has 2 aromatic heterocycles. The average molecular weight is 476 g/mol. The van der Waals surface area contributed by atoms with Crippen LogP contribution in [0.15, 0.2) is 0 Å². The van der Waals surface area contributed by atoms with Gasteiger partial charge in [-0.2, -0.15) is 0 Å². The van der Waals surface area contributed by atoms with Gasteiger partial charge in [-0.05, 0) is 6.92 Å². The van der Waals surface area contributed by atoms with Crippen LogP contribution in [0.5, 0.6) is 0 Å². The van der Waals surface area contributed by atoms with E-state index >= 15 is 0 Å². The van der Waals surface area contributed by atoms with E-state index in [4.69, 9.17) is 28.3 Å². The second kappa shape index (κ2) is 10.0. The summed E-state index contributed by atoms with van der Waals surface area (Å²) in [6.07, 6.45) is 0.538. The van der Waals surface area contributed by atoms with Crippen molar-refractivity contribution in [3.63, 3.8) is 0 Å². The maximum absolute atomic E-state index is 11.1. The molecule has 2 heterocycles. The molecule has 0 aliphatic carbocycles. The zero-order valence-corrected chi connectivity index (χ0v) is 16.6. The number of aromatic nitrogens is 2. The predicted octanol–water partition coefficient (Wildman–Crippen LogP) is 4.18. The molecule has 0 radical (unpaired) electrons.